The summed E-state index contributed by atoms with van der Waals surface area (Å²) >= 11 is 0. The average molecular weight is 463 g/mol. The molecule has 0 saturated carbocycles. The standard InChI is InChI=1S/C33H22N2O/c1-3-11-24(12-4-1)35(25-13-5-2-6-14-25)26-21-19-23(20-22-26)33-34-31-29-17-9-7-15-27(29)28-16-8-10-18-30(28)32(31)36-33/h1-22H. The van der Waals surface area contributed by atoms with Gasteiger partial charge in [-0.15, -0.1) is 0 Å². The van der Waals surface area contributed by atoms with Crippen molar-refractivity contribution in [2.45, 2.75) is 0 Å². The molecule has 0 atom stereocenters. The van der Waals surface area contributed by atoms with Crippen LogP contribution in [0.2, 0.25) is 0 Å². The Balaban J connectivity index is 1.36. The Hall–Kier alpha value is -4.89. The minimum Gasteiger partial charge on any atom is -0.435 e. The van der Waals surface area contributed by atoms with Gasteiger partial charge in [0.25, 0.3) is 0 Å². The number of para-hydroxylation sites is 2. The van der Waals surface area contributed by atoms with Crippen LogP contribution < -0.4 is 4.90 Å². The normalized spacial score (nSPS) is 11.3. The van der Waals surface area contributed by atoms with Crippen LogP contribution in [0.1, 0.15) is 0 Å². The van der Waals surface area contributed by atoms with Crippen LogP contribution in [0.4, 0.5) is 17.1 Å². The largest absolute Gasteiger partial charge is 0.435 e. The Kier molecular flexibility index (Phi) is 4.78. The smallest absolute Gasteiger partial charge is 0.227 e. The SMILES string of the molecule is c1ccc(N(c2ccccc2)c2ccc(-c3nc4c5ccccc5c5ccccc5c4o3)cc2)cc1. The second-order valence-electron chi connectivity index (χ2n) is 8.84. The van der Waals surface area contributed by atoms with Crippen LogP contribution >= 0.6 is 0 Å². The van der Waals surface area contributed by atoms with Crippen molar-refractivity contribution in [2.75, 3.05) is 4.90 Å². The first-order valence-electron chi connectivity index (χ1n) is 12.1. The minimum absolute atomic E-state index is 0.629. The quantitative estimate of drug-likeness (QED) is 0.244. The lowest BCUT2D eigenvalue weighted by Gasteiger charge is -2.25. The summed E-state index contributed by atoms with van der Waals surface area (Å²) in [6.45, 7) is 0. The van der Waals surface area contributed by atoms with Gasteiger partial charge in [0.15, 0.2) is 5.58 Å². The molecule has 0 N–H and O–H groups in total. The number of hydrogen-bond acceptors (Lipinski definition) is 3. The number of nitrogens with zero attached hydrogens (tertiary/aromatic N) is 2. The Morgan fingerprint density at radius 1 is 0.444 bits per heavy atom. The van der Waals surface area contributed by atoms with Gasteiger partial charge in [-0.05, 0) is 59.3 Å². The van der Waals surface area contributed by atoms with E-state index in [1.54, 1.807) is 0 Å². The van der Waals surface area contributed by atoms with Crippen molar-refractivity contribution in [3.8, 4) is 11.5 Å². The highest BCUT2D eigenvalue weighted by Crippen LogP contribution is 2.38. The highest BCUT2D eigenvalue weighted by molar-refractivity contribution is 6.22. The summed E-state index contributed by atoms with van der Waals surface area (Å²) in [4.78, 5) is 7.22. The van der Waals surface area contributed by atoms with E-state index in [0.717, 1.165) is 44.5 Å². The van der Waals surface area contributed by atoms with Crippen molar-refractivity contribution in [2.24, 2.45) is 0 Å². The second-order valence-corrected chi connectivity index (χ2v) is 8.84. The van der Waals surface area contributed by atoms with E-state index in [1.165, 1.54) is 10.8 Å². The molecule has 3 nitrogen and oxygen atoms in total. The summed E-state index contributed by atoms with van der Waals surface area (Å²) in [7, 11) is 0. The van der Waals surface area contributed by atoms with Crippen molar-refractivity contribution in [1.29, 1.82) is 0 Å². The Morgan fingerprint density at radius 3 is 1.53 bits per heavy atom. The van der Waals surface area contributed by atoms with E-state index >= 15 is 0 Å². The zero-order valence-corrected chi connectivity index (χ0v) is 19.5. The zero-order valence-electron chi connectivity index (χ0n) is 19.5. The molecule has 1 heterocycles. The summed E-state index contributed by atoms with van der Waals surface area (Å²) in [6, 6.07) is 46.0. The molecule has 0 radical (unpaired) electrons. The summed E-state index contributed by atoms with van der Waals surface area (Å²) in [5.74, 6) is 0.629. The van der Waals surface area contributed by atoms with Gasteiger partial charge >= 0.3 is 0 Å². The molecule has 0 unspecified atom stereocenters. The lowest BCUT2D eigenvalue weighted by molar-refractivity contribution is 0.623. The van der Waals surface area contributed by atoms with E-state index in [-0.39, 0.29) is 0 Å². The van der Waals surface area contributed by atoms with E-state index in [9.17, 15) is 0 Å². The maximum atomic E-state index is 6.42. The average Bonchev–Trinajstić information content (AvgIpc) is 3.41. The minimum atomic E-state index is 0.629. The van der Waals surface area contributed by atoms with E-state index < -0.39 is 0 Å². The van der Waals surface area contributed by atoms with Gasteiger partial charge in [0, 0.05) is 33.4 Å². The third-order valence-corrected chi connectivity index (χ3v) is 6.67. The summed E-state index contributed by atoms with van der Waals surface area (Å²) in [5.41, 5.74) is 5.97. The van der Waals surface area contributed by atoms with Crippen molar-refractivity contribution >= 4 is 49.7 Å². The van der Waals surface area contributed by atoms with Crippen molar-refractivity contribution < 1.29 is 4.42 Å². The van der Waals surface area contributed by atoms with Crippen LogP contribution in [0.3, 0.4) is 0 Å². The van der Waals surface area contributed by atoms with Crippen LogP contribution in [0, 0.1) is 0 Å². The van der Waals surface area contributed by atoms with Crippen LogP contribution in [0.15, 0.2) is 138 Å². The number of oxazole rings is 1. The van der Waals surface area contributed by atoms with Gasteiger partial charge in [0.05, 0.1) is 0 Å². The van der Waals surface area contributed by atoms with Crippen LogP contribution in [0.5, 0.6) is 0 Å². The molecule has 0 fully saturated rings. The maximum absolute atomic E-state index is 6.42. The Bertz CT molecular complexity index is 1710. The molecule has 0 bridgehead atoms. The van der Waals surface area contributed by atoms with E-state index in [1.807, 2.05) is 12.1 Å². The fraction of sp³-hybridized carbons (Fsp3) is 0. The third kappa shape index (κ3) is 3.33. The molecule has 7 rings (SSSR count). The summed E-state index contributed by atoms with van der Waals surface area (Å²) < 4.78 is 6.42. The highest BCUT2D eigenvalue weighted by atomic mass is 16.3. The molecule has 3 heteroatoms. The first kappa shape index (κ1) is 20.5. The number of fused-ring (bicyclic) bond motifs is 6. The molecule has 170 valence electrons. The summed E-state index contributed by atoms with van der Waals surface area (Å²) in [5, 5.41) is 4.57. The molecule has 0 saturated heterocycles. The fourth-order valence-corrected chi connectivity index (χ4v) is 5.00. The van der Waals surface area contributed by atoms with Crippen molar-refractivity contribution in [1.82, 2.24) is 4.98 Å². The zero-order chi connectivity index (χ0) is 23.9. The number of anilines is 3. The first-order valence-corrected chi connectivity index (χ1v) is 12.1. The molecule has 36 heavy (non-hydrogen) atoms. The van der Waals surface area contributed by atoms with E-state index in [0.29, 0.717) is 5.89 Å². The molecule has 1 aromatic heterocycles. The molecule has 0 amide bonds. The van der Waals surface area contributed by atoms with Gasteiger partial charge in [0.2, 0.25) is 5.89 Å². The third-order valence-electron chi connectivity index (χ3n) is 6.67. The van der Waals surface area contributed by atoms with Crippen molar-refractivity contribution in [3.63, 3.8) is 0 Å². The molecule has 7 aromatic rings. The van der Waals surface area contributed by atoms with Crippen LogP contribution in [-0.4, -0.2) is 4.98 Å². The number of hydrogen-bond donors (Lipinski definition) is 0. The van der Waals surface area contributed by atoms with Gasteiger partial charge in [-0.1, -0.05) is 84.9 Å². The van der Waals surface area contributed by atoms with Gasteiger partial charge in [-0.2, -0.15) is 0 Å². The molecule has 6 aromatic carbocycles. The highest BCUT2D eigenvalue weighted by Gasteiger charge is 2.17. The van der Waals surface area contributed by atoms with Gasteiger partial charge in [-0.3, -0.25) is 0 Å². The molecular formula is C33H22N2O. The second kappa shape index (κ2) is 8.40. The lowest BCUT2D eigenvalue weighted by Crippen LogP contribution is -2.09. The van der Waals surface area contributed by atoms with Crippen LogP contribution in [-0.2, 0) is 0 Å². The monoisotopic (exact) mass is 462 g/mol. The van der Waals surface area contributed by atoms with E-state index in [2.05, 4.69) is 126 Å². The Morgan fingerprint density at radius 2 is 0.917 bits per heavy atom. The fourth-order valence-electron chi connectivity index (χ4n) is 5.00. The van der Waals surface area contributed by atoms with Gasteiger partial charge < -0.3 is 9.32 Å². The predicted octanol–water partition coefficient (Wildman–Crippen LogP) is 9.27. The molecular weight excluding hydrogens is 440 g/mol. The van der Waals surface area contributed by atoms with Crippen molar-refractivity contribution in [3.05, 3.63) is 133 Å². The number of benzene rings is 6. The topological polar surface area (TPSA) is 29.3 Å². The molecule has 0 aliphatic rings. The van der Waals surface area contributed by atoms with Gasteiger partial charge in [0.1, 0.15) is 5.52 Å². The number of aromatic nitrogens is 1. The number of rotatable bonds is 4. The molecule has 0 aliphatic carbocycles. The lowest BCUT2D eigenvalue weighted by atomic mass is 10.0. The Labute approximate surface area is 208 Å². The first-order chi connectivity index (χ1) is 17.9. The molecule has 0 spiro atoms. The predicted molar refractivity (Wildman–Crippen MR) is 149 cm³/mol. The summed E-state index contributed by atoms with van der Waals surface area (Å²) in [6.07, 6.45) is 0. The maximum Gasteiger partial charge on any atom is 0.227 e. The molecule has 0 aliphatic heterocycles. The van der Waals surface area contributed by atoms with Crippen LogP contribution in [0.25, 0.3) is 44.1 Å². The van der Waals surface area contributed by atoms with E-state index in [4.69, 9.17) is 9.40 Å². The van der Waals surface area contributed by atoms with Gasteiger partial charge in [-0.25, -0.2) is 4.98 Å².